The highest BCUT2D eigenvalue weighted by Crippen LogP contribution is 2.34. The number of benzene rings is 2. The molecular formula is C13H8N2. The summed E-state index contributed by atoms with van der Waals surface area (Å²) in [6, 6.07) is 8.54. The highest BCUT2D eigenvalue weighted by Gasteiger charge is 2.12. The van der Waals surface area contributed by atoms with Crippen LogP contribution in [0.1, 0.15) is 11.1 Å². The maximum absolute atomic E-state index is 4.37. The quantitative estimate of drug-likeness (QED) is 0.455. The Morgan fingerprint density at radius 2 is 2.00 bits per heavy atom. The van der Waals surface area contributed by atoms with Crippen molar-refractivity contribution in [2.75, 3.05) is 0 Å². The lowest BCUT2D eigenvalue weighted by molar-refractivity contribution is 1.35. The van der Waals surface area contributed by atoms with Crippen molar-refractivity contribution >= 4 is 34.0 Å². The van der Waals surface area contributed by atoms with Crippen LogP contribution in [0.25, 0.3) is 34.0 Å². The Bertz CT molecular complexity index is 720. The Morgan fingerprint density at radius 3 is 3.00 bits per heavy atom. The van der Waals surface area contributed by atoms with Gasteiger partial charge in [0.05, 0.1) is 17.4 Å². The minimum atomic E-state index is 1.07. The average molecular weight is 192 g/mol. The molecule has 0 saturated heterocycles. The molecule has 2 heteroatoms. The third kappa shape index (κ3) is 0.773. The van der Waals surface area contributed by atoms with Crippen LogP contribution in [0.4, 0.5) is 0 Å². The Labute approximate surface area is 86.3 Å². The van der Waals surface area contributed by atoms with Gasteiger partial charge in [0.1, 0.15) is 0 Å². The van der Waals surface area contributed by atoms with Crippen LogP contribution in [0.5, 0.6) is 0 Å². The van der Waals surface area contributed by atoms with Crippen LogP contribution in [0.2, 0.25) is 0 Å². The largest absolute Gasteiger partial charge is 0.345 e. The van der Waals surface area contributed by atoms with E-state index in [2.05, 4.69) is 46.4 Å². The standard InChI is InChI=1S/C13H8N2/c1-2-8-4-5-9-6-11-13(15-7-14-11)10(3-1)12(8)9/h1-7H,(H,14,15). The Kier molecular flexibility index (Phi) is 1.10. The topological polar surface area (TPSA) is 28.7 Å². The zero-order valence-corrected chi connectivity index (χ0v) is 7.99. The van der Waals surface area contributed by atoms with E-state index in [0.29, 0.717) is 0 Å². The summed E-state index contributed by atoms with van der Waals surface area (Å²) < 4.78 is 0. The van der Waals surface area contributed by atoms with E-state index in [1.54, 1.807) is 6.33 Å². The molecule has 0 atom stereocenters. The SMILES string of the molecule is C1=Cc2cc3[nH]cnc3c3cccc1c23. The van der Waals surface area contributed by atoms with Gasteiger partial charge >= 0.3 is 0 Å². The van der Waals surface area contributed by atoms with Gasteiger partial charge in [-0.25, -0.2) is 4.98 Å². The highest BCUT2D eigenvalue weighted by molar-refractivity contribution is 6.14. The second-order valence-electron chi connectivity index (χ2n) is 3.87. The van der Waals surface area contributed by atoms with Gasteiger partial charge in [0, 0.05) is 5.39 Å². The fourth-order valence-corrected chi connectivity index (χ4v) is 2.40. The molecular weight excluding hydrogens is 184 g/mol. The zero-order valence-electron chi connectivity index (χ0n) is 7.99. The van der Waals surface area contributed by atoms with Gasteiger partial charge in [0.15, 0.2) is 0 Å². The zero-order chi connectivity index (χ0) is 9.83. The van der Waals surface area contributed by atoms with Crippen molar-refractivity contribution in [2.45, 2.75) is 0 Å². The molecule has 0 saturated carbocycles. The molecule has 2 aromatic carbocycles. The van der Waals surface area contributed by atoms with Crippen molar-refractivity contribution in [3.05, 3.63) is 41.7 Å². The maximum atomic E-state index is 4.37. The number of fused-ring (bicyclic) bond motifs is 2. The number of nitrogens with zero attached hydrogens (tertiary/aromatic N) is 1. The molecule has 0 amide bonds. The fraction of sp³-hybridized carbons (Fsp3) is 0. The molecule has 1 N–H and O–H groups in total. The second-order valence-corrected chi connectivity index (χ2v) is 3.87. The van der Waals surface area contributed by atoms with Crippen molar-refractivity contribution in [1.29, 1.82) is 0 Å². The van der Waals surface area contributed by atoms with E-state index >= 15 is 0 Å². The number of aromatic amines is 1. The molecule has 1 aliphatic carbocycles. The van der Waals surface area contributed by atoms with Crippen LogP contribution in [0.3, 0.4) is 0 Å². The summed E-state index contributed by atoms with van der Waals surface area (Å²) in [4.78, 5) is 7.54. The Hall–Kier alpha value is -2.09. The van der Waals surface area contributed by atoms with Crippen molar-refractivity contribution in [1.82, 2.24) is 9.97 Å². The normalized spacial score (nSPS) is 13.1. The first-order chi connectivity index (χ1) is 7.43. The summed E-state index contributed by atoms with van der Waals surface area (Å²) in [5, 5.41) is 2.57. The van der Waals surface area contributed by atoms with Gasteiger partial charge in [-0.3, -0.25) is 0 Å². The Balaban J connectivity index is 2.43. The molecule has 1 aliphatic rings. The number of hydrogen-bond donors (Lipinski definition) is 1. The predicted molar refractivity (Wildman–Crippen MR) is 62.5 cm³/mol. The van der Waals surface area contributed by atoms with Crippen molar-refractivity contribution in [2.24, 2.45) is 0 Å². The number of aromatic nitrogens is 2. The van der Waals surface area contributed by atoms with Gasteiger partial charge in [-0.15, -0.1) is 0 Å². The number of H-pyrrole nitrogens is 1. The van der Waals surface area contributed by atoms with Crippen molar-refractivity contribution in [3.8, 4) is 0 Å². The van der Waals surface area contributed by atoms with Crippen LogP contribution >= 0.6 is 0 Å². The number of rotatable bonds is 0. The van der Waals surface area contributed by atoms with E-state index in [9.17, 15) is 0 Å². The number of nitrogens with one attached hydrogen (secondary N) is 1. The van der Waals surface area contributed by atoms with E-state index < -0.39 is 0 Å². The van der Waals surface area contributed by atoms with Crippen LogP contribution in [-0.2, 0) is 0 Å². The van der Waals surface area contributed by atoms with Crippen molar-refractivity contribution in [3.63, 3.8) is 0 Å². The summed E-state index contributed by atoms with van der Waals surface area (Å²) in [6.45, 7) is 0. The third-order valence-electron chi connectivity index (χ3n) is 3.05. The third-order valence-corrected chi connectivity index (χ3v) is 3.05. The van der Waals surface area contributed by atoms with Crippen LogP contribution < -0.4 is 0 Å². The van der Waals surface area contributed by atoms with Crippen LogP contribution in [0.15, 0.2) is 30.6 Å². The first-order valence-corrected chi connectivity index (χ1v) is 5.00. The summed E-state index contributed by atoms with van der Waals surface area (Å²) in [5.74, 6) is 0. The summed E-state index contributed by atoms with van der Waals surface area (Å²) in [5.41, 5.74) is 4.77. The first-order valence-electron chi connectivity index (χ1n) is 5.00. The molecule has 0 aliphatic heterocycles. The molecule has 0 bridgehead atoms. The summed E-state index contributed by atoms with van der Waals surface area (Å²) in [6.07, 6.45) is 6.08. The number of imidazole rings is 1. The molecule has 3 aromatic rings. The molecule has 0 fully saturated rings. The maximum Gasteiger partial charge on any atom is 0.0961 e. The Morgan fingerprint density at radius 1 is 1.07 bits per heavy atom. The monoisotopic (exact) mass is 192 g/mol. The minimum absolute atomic E-state index is 1.07. The molecule has 2 nitrogen and oxygen atoms in total. The number of hydrogen-bond acceptors (Lipinski definition) is 1. The van der Waals surface area contributed by atoms with E-state index in [1.165, 1.54) is 21.9 Å². The molecule has 4 rings (SSSR count). The van der Waals surface area contributed by atoms with Gasteiger partial charge < -0.3 is 4.98 Å². The van der Waals surface area contributed by atoms with Gasteiger partial charge in [0.25, 0.3) is 0 Å². The molecule has 15 heavy (non-hydrogen) atoms. The second kappa shape index (κ2) is 2.28. The summed E-state index contributed by atoms with van der Waals surface area (Å²) in [7, 11) is 0. The van der Waals surface area contributed by atoms with Gasteiger partial charge in [-0.1, -0.05) is 30.4 Å². The molecule has 1 heterocycles. The van der Waals surface area contributed by atoms with Gasteiger partial charge in [0.2, 0.25) is 0 Å². The lowest BCUT2D eigenvalue weighted by atomic mass is 10.0. The predicted octanol–water partition coefficient (Wildman–Crippen LogP) is 3.20. The molecule has 70 valence electrons. The molecule has 0 unspecified atom stereocenters. The van der Waals surface area contributed by atoms with E-state index in [1.807, 2.05) is 0 Å². The molecule has 0 radical (unpaired) electrons. The smallest absolute Gasteiger partial charge is 0.0961 e. The van der Waals surface area contributed by atoms with E-state index in [0.717, 1.165) is 11.0 Å². The van der Waals surface area contributed by atoms with Crippen molar-refractivity contribution < 1.29 is 0 Å². The molecule has 1 aromatic heterocycles. The minimum Gasteiger partial charge on any atom is -0.345 e. The highest BCUT2D eigenvalue weighted by atomic mass is 14.9. The summed E-state index contributed by atoms with van der Waals surface area (Å²) >= 11 is 0. The lowest BCUT2D eigenvalue weighted by Gasteiger charge is -2.02. The van der Waals surface area contributed by atoms with E-state index in [4.69, 9.17) is 0 Å². The van der Waals surface area contributed by atoms with Gasteiger partial charge in [-0.05, 0) is 22.6 Å². The van der Waals surface area contributed by atoms with E-state index in [-0.39, 0.29) is 0 Å². The first kappa shape index (κ1) is 7.23. The molecule has 0 spiro atoms. The lowest BCUT2D eigenvalue weighted by Crippen LogP contribution is -1.80. The average Bonchev–Trinajstić information content (AvgIpc) is 2.87. The van der Waals surface area contributed by atoms with Crippen LogP contribution in [-0.4, -0.2) is 9.97 Å². The fourth-order valence-electron chi connectivity index (χ4n) is 2.40. The van der Waals surface area contributed by atoms with Gasteiger partial charge in [-0.2, -0.15) is 0 Å². The van der Waals surface area contributed by atoms with Crippen LogP contribution in [0, 0.1) is 0 Å².